The molecule has 0 bridgehead atoms. The zero-order valence-corrected chi connectivity index (χ0v) is 13.2. The van der Waals surface area contributed by atoms with E-state index in [-0.39, 0.29) is 10.6 Å². The Morgan fingerprint density at radius 1 is 1.18 bits per heavy atom. The summed E-state index contributed by atoms with van der Waals surface area (Å²) in [5.74, 6) is -0.851. The summed E-state index contributed by atoms with van der Waals surface area (Å²) < 4.78 is 25.6. The van der Waals surface area contributed by atoms with Gasteiger partial charge in [0, 0.05) is 23.0 Å². The van der Waals surface area contributed by atoms with Gasteiger partial charge in [-0.15, -0.1) is 0 Å². The molecule has 114 valence electrons. The van der Waals surface area contributed by atoms with Gasteiger partial charge in [-0.05, 0) is 24.3 Å². The molecule has 1 aromatic carbocycles. The number of nitrogens with one attached hydrogen (secondary N) is 1. The molecule has 0 atom stereocenters. The third kappa shape index (κ3) is 4.52. The van der Waals surface area contributed by atoms with Crippen LogP contribution in [0.4, 0.5) is 0 Å². The van der Waals surface area contributed by atoms with Crippen molar-refractivity contribution in [1.82, 2.24) is 14.7 Å². The number of rotatable bonds is 4. The molecule has 2 aromatic rings. The molecule has 0 spiro atoms. The van der Waals surface area contributed by atoms with Gasteiger partial charge in [0.15, 0.2) is 0 Å². The summed E-state index contributed by atoms with van der Waals surface area (Å²) in [5.41, 5.74) is 0.482. The minimum atomic E-state index is -3.98. The van der Waals surface area contributed by atoms with Crippen LogP contribution in [0.5, 0.6) is 0 Å². The molecule has 0 radical (unpaired) electrons. The number of hydrogen-bond donors (Lipinski definition) is 1. The van der Waals surface area contributed by atoms with E-state index >= 15 is 0 Å². The van der Waals surface area contributed by atoms with E-state index in [4.69, 9.17) is 23.2 Å². The quantitative estimate of drug-likeness (QED) is 0.907. The second-order valence-electron chi connectivity index (χ2n) is 4.07. The zero-order chi connectivity index (χ0) is 16.2. The molecule has 1 heterocycles. The van der Waals surface area contributed by atoms with Crippen molar-refractivity contribution in [3.8, 4) is 0 Å². The summed E-state index contributed by atoms with van der Waals surface area (Å²) in [5, 5.41) is 1.24. The summed E-state index contributed by atoms with van der Waals surface area (Å²) in [4.78, 5) is 19.4. The monoisotopic (exact) mass is 357 g/mol. The molecule has 22 heavy (non-hydrogen) atoms. The number of sulfonamides is 1. The number of amides is 1. The molecule has 0 saturated carbocycles. The van der Waals surface area contributed by atoms with Crippen LogP contribution in [0.1, 0.15) is 15.9 Å². The lowest BCUT2D eigenvalue weighted by Gasteiger charge is -2.05. The molecule has 0 aliphatic heterocycles. The SMILES string of the molecule is O=C(NS(=O)(=O)C=Cc1cncnc1)c1ccc(Cl)cc1Cl. The van der Waals surface area contributed by atoms with Crippen molar-refractivity contribution < 1.29 is 13.2 Å². The predicted molar refractivity (Wildman–Crippen MR) is 83.9 cm³/mol. The van der Waals surface area contributed by atoms with E-state index in [1.807, 2.05) is 4.72 Å². The lowest BCUT2D eigenvalue weighted by Crippen LogP contribution is -2.29. The van der Waals surface area contributed by atoms with Gasteiger partial charge in [-0.3, -0.25) is 4.79 Å². The zero-order valence-electron chi connectivity index (χ0n) is 10.9. The average Bonchev–Trinajstić information content (AvgIpc) is 2.45. The Hall–Kier alpha value is -1.96. The second-order valence-corrected chi connectivity index (χ2v) is 6.48. The molecule has 0 unspecified atom stereocenters. The maximum atomic E-state index is 11.9. The van der Waals surface area contributed by atoms with Gasteiger partial charge in [0.1, 0.15) is 6.33 Å². The van der Waals surface area contributed by atoms with E-state index in [2.05, 4.69) is 9.97 Å². The van der Waals surface area contributed by atoms with E-state index in [0.29, 0.717) is 10.6 Å². The summed E-state index contributed by atoms with van der Waals surface area (Å²) in [6, 6.07) is 4.12. The Morgan fingerprint density at radius 2 is 1.86 bits per heavy atom. The van der Waals surface area contributed by atoms with Crippen LogP contribution >= 0.6 is 23.2 Å². The topological polar surface area (TPSA) is 89.0 Å². The Labute approximate surface area is 136 Å². The fourth-order valence-corrected chi connectivity index (χ4v) is 2.72. The summed E-state index contributed by atoms with van der Waals surface area (Å²) >= 11 is 11.6. The molecule has 1 amide bonds. The van der Waals surface area contributed by atoms with Gasteiger partial charge in [-0.2, -0.15) is 0 Å². The molecular formula is C13H9Cl2N3O3S. The number of hydrogen-bond acceptors (Lipinski definition) is 5. The highest BCUT2D eigenvalue weighted by Gasteiger charge is 2.16. The Bertz CT molecular complexity index is 824. The molecule has 0 fully saturated rings. The van der Waals surface area contributed by atoms with Crippen LogP contribution in [0.3, 0.4) is 0 Å². The number of benzene rings is 1. The minimum Gasteiger partial charge on any atom is -0.268 e. The Kier molecular flexibility index (Phi) is 5.12. The molecular weight excluding hydrogens is 349 g/mol. The lowest BCUT2D eigenvalue weighted by atomic mass is 10.2. The number of aromatic nitrogens is 2. The largest absolute Gasteiger partial charge is 0.268 e. The summed E-state index contributed by atoms with van der Waals surface area (Å²) in [7, 11) is -3.98. The van der Waals surface area contributed by atoms with Crippen molar-refractivity contribution in [3.05, 3.63) is 63.5 Å². The van der Waals surface area contributed by atoms with Crippen LogP contribution in [0.15, 0.2) is 42.3 Å². The van der Waals surface area contributed by atoms with Crippen molar-refractivity contribution in [2.75, 3.05) is 0 Å². The lowest BCUT2D eigenvalue weighted by molar-refractivity contribution is 0.0982. The number of nitrogens with zero attached hydrogens (tertiary/aromatic N) is 2. The van der Waals surface area contributed by atoms with Crippen molar-refractivity contribution >= 4 is 45.2 Å². The first kappa shape index (κ1) is 16.4. The Morgan fingerprint density at radius 3 is 2.50 bits per heavy atom. The maximum Gasteiger partial charge on any atom is 0.266 e. The number of carbonyl (C=O) groups is 1. The number of carbonyl (C=O) groups excluding carboxylic acids is 1. The molecule has 1 N–H and O–H groups in total. The van der Waals surface area contributed by atoms with E-state index in [1.165, 1.54) is 43.0 Å². The highest BCUT2D eigenvalue weighted by molar-refractivity contribution is 7.93. The van der Waals surface area contributed by atoms with Gasteiger partial charge in [-0.1, -0.05) is 23.2 Å². The number of halogens is 2. The van der Waals surface area contributed by atoms with Gasteiger partial charge < -0.3 is 0 Å². The van der Waals surface area contributed by atoms with Crippen molar-refractivity contribution in [2.24, 2.45) is 0 Å². The van der Waals surface area contributed by atoms with E-state index in [9.17, 15) is 13.2 Å². The molecule has 2 rings (SSSR count). The van der Waals surface area contributed by atoms with Crippen molar-refractivity contribution in [2.45, 2.75) is 0 Å². The predicted octanol–water partition coefficient (Wildman–Crippen LogP) is 2.51. The van der Waals surface area contributed by atoms with Gasteiger partial charge in [-0.25, -0.2) is 23.1 Å². The average molecular weight is 358 g/mol. The summed E-state index contributed by atoms with van der Waals surface area (Å²) in [6.45, 7) is 0. The van der Waals surface area contributed by atoms with E-state index in [1.54, 1.807) is 0 Å². The first-order valence-electron chi connectivity index (χ1n) is 5.83. The third-order valence-electron chi connectivity index (χ3n) is 2.43. The van der Waals surface area contributed by atoms with Crippen LogP contribution in [0, 0.1) is 0 Å². The first-order chi connectivity index (χ1) is 10.4. The Balaban J connectivity index is 2.14. The summed E-state index contributed by atoms with van der Waals surface area (Å²) in [6.07, 6.45) is 5.43. The van der Waals surface area contributed by atoms with Crippen LogP contribution in [-0.2, 0) is 10.0 Å². The molecule has 0 saturated heterocycles. The standard InChI is InChI=1S/C13H9Cl2N3O3S/c14-10-1-2-11(12(15)5-10)13(19)18-22(20,21)4-3-9-6-16-8-17-7-9/h1-8H,(H,18,19). The van der Waals surface area contributed by atoms with Gasteiger partial charge in [0.05, 0.1) is 16.0 Å². The molecule has 0 aliphatic rings. The van der Waals surface area contributed by atoms with Gasteiger partial charge in [0.25, 0.3) is 15.9 Å². The second kappa shape index (κ2) is 6.87. The van der Waals surface area contributed by atoms with Crippen LogP contribution in [-0.4, -0.2) is 24.3 Å². The first-order valence-corrected chi connectivity index (χ1v) is 8.13. The van der Waals surface area contributed by atoms with Crippen LogP contribution in [0.25, 0.3) is 6.08 Å². The van der Waals surface area contributed by atoms with E-state index in [0.717, 1.165) is 5.41 Å². The minimum absolute atomic E-state index is 0.00564. The normalized spacial score (nSPS) is 11.5. The smallest absolute Gasteiger partial charge is 0.266 e. The van der Waals surface area contributed by atoms with Crippen LogP contribution in [0.2, 0.25) is 10.0 Å². The third-order valence-corrected chi connectivity index (χ3v) is 3.94. The van der Waals surface area contributed by atoms with Gasteiger partial charge in [0.2, 0.25) is 0 Å². The van der Waals surface area contributed by atoms with Gasteiger partial charge >= 0.3 is 0 Å². The molecule has 1 aromatic heterocycles. The fraction of sp³-hybridized carbons (Fsp3) is 0. The fourth-order valence-electron chi connectivity index (χ4n) is 1.46. The van der Waals surface area contributed by atoms with E-state index < -0.39 is 15.9 Å². The maximum absolute atomic E-state index is 11.9. The van der Waals surface area contributed by atoms with Crippen LogP contribution < -0.4 is 4.72 Å². The van der Waals surface area contributed by atoms with Crippen molar-refractivity contribution in [3.63, 3.8) is 0 Å². The molecule has 9 heteroatoms. The molecule has 0 aliphatic carbocycles. The highest BCUT2D eigenvalue weighted by Crippen LogP contribution is 2.21. The van der Waals surface area contributed by atoms with Crippen molar-refractivity contribution in [1.29, 1.82) is 0 Å². The highest BCUT2D eigenvalue weighted by atomic mass is 35.5. The molecule has 6 nitrogen and oxygen atoms in total.